The van der Waals surface area contributed by atoms with Crippen LogP contribution in [0.1, 0.15) is 24.4 Å². The van der Waals surface area contributed by atoms with E-state index in [-0.39, 0.29) is 17.6 Å². The van der Waals surface area contributed by atoms with Crippen molar-refractivity contribution in [2.45, 2.75) is 26.2 Å². The molecule has 5 nitrogen and oxygen atoms in total. The van der Waals surface area contributed by atoms with Crippen molar-refractivity contribution >= 4 is 28.9 Å². The summed E-state index contributed by atoms with van der Waals surface area (Å²) in [5.74, 6) is 0.715. The molecule has 0 atom stereocenters. The largest absolute Gasteiger partial charge is 0.371 e. The summed E-state index contributed by atoms with van der Waals surface area (Å²) in [5.41, 5.74) is 4.60. The van der Waals surface area contributed by atoms with Crippen LogP contribution in [-0.4, -0.2) is 35.5 Å². The van der Waals surface area contributed by atoms with Crippen LogP contribution in [0.2, 0.25) is 5.02 Å². The van der Waals surface area contributed by atoms with Crippen molar-refractivity contribution in [2.24, 2.45) is 5.92 Å². The molecule has 0 saturated carbocycles. The van der Waals surface area contributed by atoms with Crippen LogP contribution < -0.4 is 9.80 Å². The van der Waals surface area contributed by atoms with Crippen molar-refractivity contribution in [3.63, 3.8) is 0 Å². The summed E-state index contributed by atoms with van der Waals surface area (Å²) in [4.78, 5) is 25.6. The second-order valence-electron chi connectivity index (χ2n) is 8.29. The van der Waals surface area contributed by atoms with Crippen LogP contribution in [0.3, 0.4) is 0 Å². The number of aryl methyl sites for hydroxylation is 1. The molecule has 1 N–H and O–H groups in total. The van der Waals surface area contributed by atoms with E-state index in [1.54, 1.807) is 12.1 Å². The van der Waals surface area contributed by atoms with E-state index >= 15 is 0 Å². The maximum absolute atomic E-state index is 13.6. The summed E-state index contributed by atoms with van der Waals surface area (Å²) < 4.78 is 13.6. The molecule has 5 rings (SSSR count). The Morgan fingerprint density at radius 3 is 2.74 bits per heavy atom. The number of hydrogen-bond donors (Lipinski definition) is 1. The van der Waals surface area contributed by atoms with Gasteiger partial charge in [-0.1, -0.05) is 17.7 Å². The Balaban J connectivity index is 1.38. The molecule has 0 spiro atoms. The quantitative estimate of drug-likeness (QED) is 0.613. The summed E-state index contributed by atoms with van der Waals surface area (Å²) in [7, 11) is 0. The number of anilines is 2. The lowest BCUT2D eigenvalue weighted by molar-refractivity contribution is -0.123. The van der Waals surface area contributed by atoms with Gasteiger partial charge in [0.1, 0.15) is 11.6 Å². The van der Waals surface area contributed by atoms with Gasteiger partial charge in [-0.25, -0.2) is 9.37 Å². The van der Waals surface area contributed by atoms with E-state index in [4.69, 9.17) is 11.6 Å². The summed E-state index contributed by atoms with van der Waals surface area (Å²) in [6, 6.07) is 12.3. The lowest BCUT2D eigenvalue weighted by Crippen LogP contribution is -2.43. The van der Waals surface area contributed by atoms with Gasteiger partial charge in [-0.05, 0) is 56.2 Å². The maximum atomic E-state index is 13.6. The fourth-order valence-corrected chi connectivity index (χ4v) is 4.90. The Hall–Kier alpha value is -2.86. The lowest BCUT2D eigenvalue weighted by Gasteiger charge is -2.35. The van der Waals surface area contributed by atoms with E-state index in [0.717, 1.165) is 60.1 Å². The van der Waals surface area contributed by atoms with Gasteiger partial charge in [0.15, 0.2) is 0 Å². The minimum atomic E-state index is -0.234. The lowest BCUT2D eigenvalue weighted by atomic mass is 9.94. The topological polar surface area (TPSA) is 52.2 Å². The van der Waals surface area contributed by atoms with E-state index < -0.39 is 0 Å². The Kier molecular flexibility index (Phi) is 5.18. The molecule has 0 radical (unpaired) electrons. The molecule has 2 aromatic carbocycles. The number of rotatable bonds is 2. The van der Waals surface area contributed by atoms with Gasteiger partial charge in [0.25, 0.3) is 0 Å². The second-order valence-corrected chi connectivity index (χ2v) is 8.72. The average molecular weight is 439 g/mol. The van der Waals surface area contributed by atoms with Gasteiger partial charge in [0.05, 0.1) is 17.1 Å². The number of benzene rings is 2. The molecule has 1 aromatic heterocycles. The number of carbonyl (C=O) groups is 1. The van der Waals surface area contributed by atoms with Crippen molar-refractivity contribution < 1.29 is 9.18 Å². The summed E-state index contributed by atoms with van der Waals surface area (Å²) in [6.45, 7) is 4.00. The Bertz CT molecular complexity index is 1140. The number of fused-ring (bicyclic) bond motifs is 3. The van der Waals surface area contributed by atoms with Crippen LogP contribution in [0, 0.1) is 18.7 Å². The van der Waals surface area contributed by atoms with Crippen molar-refractivity contribution in [2.75, 3.05) is 29.4 Å². The van der Waals surface area contributed by atoms with Crippen LogP contribution >= 0.6 is 11.6 Å². The number of nitrogens with zero attached hydrogens (tertiary/aromatic N) is 3. The number of aromatic nitrogens is 2. The number of carbonyl (C=O) groups excluding carboxylic acids is 1. The maximum Gasteiger partial charge on any atom is 0.230 e. The number of piperidine rings is 1. The normalized spacial score (nSPS) is 16.6. The third kappa shape index (κ3) is 3.81. The number of amides is 1. The molecule has 1 amide bonds. The highest BCUT2D eigenvalue weighted by Gasteiger charge is 2.32. The zero-order chi connectivity index (χ0) is 21.5. The molecule has 0 unspecified atom stereocenters. The molecule has 2 aliphatic rings. The van der Waals surface area contributed by atoms with E-state index in [0.29, 0.717) is 18.0 Å². The van der Waals surface area contributed by atoms with E-state index in [1.165, 1.54) is 6.07 Å². The summed E-state index contributed by atoms with van der Waals surface area (Å²) in [6.07, 6.45) is 2.19. The molecule has 3 heterocycles. The SMILES string of the molecule is Cc1nc2c([nH]1)-c1cc(Cl)ccc1N(C(=O)C1CCN(c3cccc(F)c3)CC1)CC2. The molecule has 0 aliphatic carbocycles. The number of halogens is 2. The first kappa shape index (κ1) is 20.1. The molecule has 0 bridgehead atoms. The molecular formula is C24H24ClFN4O. The molecule has 3 aromatic rings. The average Bonchev–Trinajstić information content (AvgIpc) is 3.08. The minimum absolute atomic E-state index is 0.0560. The smallest absolute Gasteiger partial charge is 0.230 e. The Morgan fingerprint density at radius 2 is 1.97 bits per heavy atom. The monoisotopic (exact) mass is 438 g/mol. The van der Waals surface area contributed by atoms with Gasteiger partial charge in [-0.2, -0.15) is 0 Å². The fraction of sp³-hybridized carbons (Fsp3) is 0.333. The number of imidazole rings is 1. The number of nitrogens with one attached hydrogen (secondary N) is 1. The van der Waals surface area contributed by atoms with Crippen molar-refractivity contribution in [1.29, 1.82) is 0 Å². The minimum Gasteiger partial charge on any atom is -0.371 e. The van der Waals surface area contributed by atoms with Gasteiger partial charge in [0, 0.05) is 48.2 Å². The first-order chi connectivity index (χ1) is 15.0. The zero-order valence-electron chi connectivity index (χ0n) is 17.4. The zero-order valence-corrected chi connectivity index (χ0v) is 18.1. The van der Waals surface area contributed by atoms with Gasteiger partial charge < -0.3 is 14.8 Å². The second kappa shape index (κ2) is 8.00. The van der Waals surface area contributed by atoms with E-state index in [9.17, 15) is 9.18 Å². The molecule has 31 heavy (non-hydrogen) atoms. The molecule has 1 fully saturated rings. The Labute approximate surface area is 185 Å². The highest BCUT2D eigenvalue weighted by molar-refractivity contribution is 6.31. The highest BCUT2D eigenvalue weighted by Crippen LogP contribution is 2.38. The third-order valence-corrected chi connectivity index (χ3v) is 6.51. The van der Waals surface area contributed by atoms with Crippen molar-refractivity contribution in [3.8, 4) is 11.3 Å². The van der Waals surface area contributed by atoms with Gasteiger partial charge in [-0.3, -0.25) is 4.79 Å². The van der Waals surface area contributed by atoms with Crippen LogP contribution in [0.15, 0.2) is 42.5 Å². The van der Waals surface area contributed by atoms with Crippen molar-refractivity contribution in [3.05, 3.63) is 64.8 Å². The van der Waals surface area contributed by atoms with E-state index in [2.05, 4.69) is 14.9 Å². The first-order valence-electron chi connectivity index (χ1n) is 10.7. The number of aromatic amines is 1. The summed E-state index contributed by atoms with van der Waals surface area (Å²) >= 11 is 6.29. The van der Waals surface area contributed by atoms with Crippen molar-refractivity contribution in [1.82, 2.24) is 9.97 Å². The fourth-order valence-electron chi connectivity index (χ4n) is 4.73. The standard InChI is InChI=1S/C24H24ClFN4O/c1-15-27-21-9-12-30(22-6-5-17(25)13-20(22)23(21)28-15)24(31)16-7-10-29(11-8-16)19-4-2-3-18(26)14-19/h2-6,13-14,16H,7-12H2,1H3,(H,27,28). The molecule has 1 saturated heterocycles. The Morgan fingerprint density at radius 1 is 1.16 bits per heavy atom. The van der Waals surface area contributed by atoms with Crippen LogP contribution in [-0.2, 0) is 11.2 Å². The van der Waals surface area contributed by atoms with Gasteiger partial charge in [-0.15, -0.1) is 0 Å². The number of H-pyrrole nitrogens is 1. The molecule has 2 aliphatic heterocycles. The van der Waals surface area contributed by atoms with Gasteiger partial charge in [0.2, 0.25) is 5.91 Å². The van der Waals surface area contributed by atoms with E-state index in [1.807, 2.05) is 36.1 Å². The third-order valence-electron chi connectivity index (χ3n) is 6.27. The van der Waals surface area contributed by atoms with Crippen LogP contribution in [0.4, 0.5) is 15.8 Å². The molecule has 160 valence electrons. The van der Waals surface area contributed by atoms with Crippen LogP contribution in [0.5, 0.6) is 0 Å². The predicted octanol–water partition coefficient (Wildman–Crippen LogP) is 4.98. The molecule has 7 heteroatoms. The van der Waals surface area contributed by atoms with Gasteiger partial charge >= 0.3 is 0 Å². The highest BCUT2D eigenvalue weighted by atomic mass is 35.5. The van der Waals surface area contributed by atoms with Crippen LogP contribution in [0.25, 0.3) is 11.3 Å². The molecular weight excluding hydrogens is 415 g/mol. The predicted molar refractivity (Wildman–Crippen MR) is 121 cm³/mol. The summed E-state index contributed by atoms with van der Waals surface area (Å²) in [5, 5.41) is 0.634. The number of hydrogen-bond acceptors (Lipinski definition) is 3. The first-order valence-corrected chi connectivity index (χ1v) is 11.0.